The normalized spacial score (nSPS) is 19.4. The summed E-state index contributed by atoms with van der Waals surface area (Å²) in [7, 11) is 0. The van der Waals surface area contributed by atoms with Crippen LogP contribution in [0.25, 0.3) is 0 Å². The number of carbonyl (C=O) groups is 2. The molecule has 5 nitrogen and oxygen atoms in total. The van der Waals surface area contributed by atoms with Crippen molar-refractivity contribution in [2.24, 2.45) is 4.99 Å². The van der Waals surface area contributed by atoms with E-state index in [0.717, 1.165) is 16.7 Å². The van der Waals surface area contributed by atoms with Gasteiger partial charge in [0.1, 0.15) is 11.1 Å². The van der Waals surface area contributed by atoms with Crippen LogP contribution in [0.15, 0.2) is 119 Å². The highest BCUT2D eigenvalue weighted by Crippen LogP contribution is 2.43. The summed E-state index contributed by atoms with van der Waals surface area (Å²) in [5, 5.41) is -0.268. The fourth-order valence-electron chi connectivity index (χ4n) is 4.38. The minimum atomic E-state index is -0.614. The van der Waals surface area contributed by atoms with Crippen molar-refractivity contribution in [3.63, 3.8) is 0 Å². The third kappa shape index (κ3) is 5.41. The Morgan fingerprint density at radius 3 is 2.19 bits per heavy atom. The van der Waals surface area contributed by atoms with Gasteiger partial charge < -0.3 is 4.74 Å². The highest BCUT2D eigenvalue weighted by molar-refractivity contribution is 8.00. The molecule has 37 heavy (non-hydrogen) atoms. The quantitative estimate of drug-likeness (QED) is 0.161. The topological polar surface area (TPSA) is 59.0 Å². The standard InChI is InChI=1S/C30H25ClN2O3S/c31-18-10-17-24-20-37-29-25(32-19-21-11-4-1-5-12-21)28(34)33(29)26(24)30(35)36-27(22-13-6-2-7-14-22)23-15-8-3-9-16-23/h1-17,19,25,27,29H,18,20H2/b17-10+,32-19?/t25?,29-/m1/s1. The highest BCUT2D eigenvalue weighted by atomic mass is 35.5. The van der Waals surface area contributed by atoms with E-state index < -0.39 is 18.1 Å². The summed E-state index contributed by atoms with van der Waals surface area (Å²) in [6, 6.07) is 28.3. The second kappa shape index (κ2) is 11.6. The van der Waals surface area contributed by atoms with Gasteiger partial charge in [-0.25, -0.2) is 4.79 Å². The lowest BCUT2D eigenvalue weighted by atomic mass is 10.0. The largest absolute Gasteiger partial charge is 0.448 e. The van der Waals surface area contributed by atoms with Crippen LogP contribution in [0.1, 0.15) is 22.8 Å². The number of hydrogen-bond acceptors (Lipinski definition) is 5. The number of nitrogens with zero attached hydrogens (tertiary/aromatic N) is 2. The van der Waals surface area contributed by atoms with Gasteiger partial charge in [0.05, 0.1) is 0 Å². The molecule has 0 bridgehead atoms. The lowest BCUT2D eigenvalue weighted by molar-refractivity contribution is -0.152. The minimum Gasteiger partial charge on any atom is -0.448 e. The van der Waals surface area contributed by atoms with Crippen LogP contribution in [0, 0.1) is 0 Å². The first-order chi connectivity index (χ1) is 18.2. The lowest BCUT2D eigenvalue weighted by Gasteiger charge is -2.48. The molecule has 0 N–H and O–H groups in total. The SMILES string of the molecule is O=C(OC(c1ccccc1)c1ccccc1)C1=C(/C=C/CCl)CS[C@@H]2C(N=Cc3ccccc3)C(=O)N12. The Morgan fingerprint density at radius 1 is 1.00 bits per heavy atom. The Hall–Kier alpha value is -3.61. The Morgan fingerprint density at radius 2 is 1.59 bits per heavy atom. The van der Waals surface area contributed by atoms with Crippen LogP contribution in [-0.4, -0.2) is 46.0 Å². The zero-order valence-electron chi connectivity index (χ0n) is 19.9. The Labute approximate surface area is 225 Å². The second-order valence-corrected chi connectivity index (χ2v) is 9.99. The van der Waals surface area contributed by atoms with Crippen LogP contribution < -0.4 is 0 Å². The van der Waals surface area contributed by atoms with Gasteiger partial charge in [0.25, 0.3) is 5.91 Å². The zero-order valence-corrected chi connectivity index (χ0v) is 21.5. The molecule has 3 aromatic carbocycles. The number of thioether (sulfide) groups is 1. The number of ether oxygens (including phenoxy) is 1. The second-order valence-electron chi connectivity index (χ2n) is 8.58. The van der Waals surface area contributed by atoms with Gasteiger partial charge in [-0.15, -0.1) is 23.4 Å². The van der Waals surface area contributed by atoms with Gasteiger partial charge in [-0.1, -0.05) is 103 Å². The Kier molecular flexibility index (Phi) is 7.87. The maximum absolute atomic E-state index is 13.8. The number of rotatable bonds is 8. The first-order valence-electron chi connectivity index (χ1n) is 12.0. The molecular weight excluding hydrogens is 504 g/mol. The van der Waals surface area contributed by atoms with Gasteiger partial charge in [0.15, 0.2) is 12.1 Å². The lowest BCUT2D eigenvalue weighted by Crippen LogP contribution is -2.64. The molecule has 2 heterocycles. The maximum atomic E-state index is 13.8. The predicted octanol–water partition coefficient (Wildman–Crippen LogP) is 5.77. The third-order valence-electron chi connectivity index (χ3n) is 6.18. The van der Waals surface area contributed by atoms with Crippen molar-refractivity contribution < 1.29 is 14.3 Å². The van der Waals surface area contributed by atoms with E-state index in [4.69, 9.17) is 16.3 Å². The number of benzene rings is 3. The fourth-order valence-corrected chi connectivity index (χ4v) is 5.78. The van der Waals surface area contributed by atoms with E-state index in [9.17, 15) is 9.59 Å². The van der Waals surface area contributed by atoms with E-state index in [1.165, 1.54) is 4.90 Å². The first kappa shape index (κ1) is 25.1. The van der Waals surface area contributed by atoms with E-state index >= 15 is 0 Å². The molecule has 7 heteroatoms. The number of amides is 1. The Bertz CT molecular complexity index is 1300. The van der Waals surface area contributed by atoms with Crippen LogP contribution in [0.3, 0.4) is 0 Å². The van der Waals surface area contributed by atoms with E-state index in [1.807, 2.05) is 91.0 Å². The number of carbonyl (C=O) groups excluding carboxylic acids is 2. The molecule has 0 spiro atoms. The van der Waals surface area contributed by atoms with Crippen LogP contribution in [0.5, 0.6) is 0 Å². The van der Waals surface area contributed by atoms with Crippen molar-refractivity contribution in [3.05, 3.63) is 131 Å². The van der Waals surface area contributed by atoms with Gasteiger partial charge in [-0.3, -0.25) is 14.7 Å². The summed E-state index contributed by atoms with van der Waals surface area (Å²) in [6.45, 7) is 0. The van der Waals surface area contributed by atoms with Crippen LogP contribution in [0.2, 0.25) is 0 Å². The van der Waals surface area contributed by atoms with Crippen molar-refractivity contribution in [2.45, 2.75) is 17.5 Å². The maximum Gasteiger partial charge on any atom is 0.356 e. The molecule has 3 aromatic rings. The molecule has 186 valence electrons. The number of esters is 1. The molecule has 5 rings (SSSR count). The molecule has 1 saturated heterocycles. The fraction of sp³-hybridized carbons (Fsp3) is 0.167. The van der Waals surface area contributed by atoms with E-state index in [-0.39, 0.29) is 17.0 Å². The number of allylic oxidation sites excluding steroid dienone is 2. The summed E-state index contributed by atoms with van der Waals surface area (Å²) in [6.07, 6.45) is 4.68. The summed E-state index contributed by atoms with van der Waals surface area (Å²) in [4.78, 5) is 33.1. The molecule has 1 amide bonds. The molecule has 1 unspecified atom stereocenters. The number of halogens is 1. The summed E-state index contributed by atoms with van der Waals surface area (Å²) in [5.41, 5.74) is 3.60. The molecule has 2 aliphatic heterocycles. The summed E-state index contributed by atoms with van der Waals surface area (Å²) < 4.78 is 6.13. The molecule has 0 aromatic heterocycles. The van der Waals surface area contributed by atoms with E-state index in [2.05, 4.69) is 4.99 Å². The smallest absolute Gasteiger partial charge is 0.356 e. The first-order valence-corrected chi connectivity index (χ1v) is 13.5. The summed E-state index contributed by atoms with van der Waals surface area (Å²) >= 11 is 7.47. The average Bonchev–Trinajstić information content (AvgIpc) is 2.95. The molecule has 0 saturated carbocycles. The highest BCUT2D eigenvalue weighted by Gasteiger charge is 2.53. The minimum absolute atomic E-state index is 0.218. The van der Waals surface area contributed by atoms with Gasteiger partial charge in [0, 0.05) is 17.8 Å². The number of fused-ring (bicyclic) bond motifs is 1. The zero-order chi connectivity index (χ0) is 25.6. The molecule has 2 aliphatic rings. The number of aliphatic imine (C=N–C) groups is 1. The number of alkyl halides is 1. The molecular formula is C30H25ClN2O3S. The molecule has 0 aliphatic carbocycles. The van der Waals surface area contributed by atoms with Crippen molar-refractivity contribution >= 4 is 41.5 Å². The molecule has 1 fully saturated rings. The number of β-lactam (4-membered cyclic amide) rings is 1. The molecule has 0 radical (unpaired) electrons. The third-order valence-corrected chi connectivity index (χ3v) is 7.65. The van der Waals surface area contributed by atoms with E-state index in [1.54, 1.807) is 30.1 Å². The summed E-state index contributed by atoms with van der Waals surface area (Å²) in [5.74, 6) is 0.0830. The van der Waals surface area contributed by atoms with Crippen LogP contribution in [0.4, 0.5) is 0 Å². The van der Waals surface area contributed by atoms with Gasteiger partial charge >= 0.3 is 5.97 Å². The van der Waals surface area contributed by atoms with Gasteiger partial charge in [0.2, 0.25) is 0 Å². The van der Waals surface area contributed by atoms with Crippen molar-refractivity contribution in [3.8, 4) is 0 Å². The van der Waals surface area contributed by atoms with Crippen molar-refractivity contribution in [1.29, 1.82) is 0 Å². The van der Waals surface area contributed by atoms with Crippen LogP contribution in [-0.2, 0) is 14.3 Å². The van der Waals surface area contributed by atoms with Gasteiger partial charge in [-0.05, 0) is 22.3 Å². The van der Waals surface area contributed by atoms with E-state index in [0.29, 0.717) is 17.2 Å². The predicted molar refractivity (Wildman–Crippen MR) is 149 cm³/mol. The Balaban J connectivity index is 1.44. The number of hydrogen-bond donors (Lipinski definition) is 0. The average molecular weight is 529 g/mol. The monoisotopic (exact) mass is 528 g/mol. The van der Waals surface area contributed by atoms with Crippen molar-refractivity contribution in [2.75, 3.05) is 11.6 Å². The van der Waals surface area contributed by atoms with Gasteiger partial charge in [-0.2, -0.15) is 0 Å². The van der Waals surface area contributed by atoms with Crippen molar-refractivity contribution in [1.82, 2.24) is 4.90 Å². The molecule has 2 atom stereocenters. The van der Waals surface area contributed by atoms with Crippen LogP contribution >= 0.6 is 23.4 Å².